The van der Waals surface area contributed by atoms with Crippen LogP contribution in [0.15, 0.2) is 24.5 Å². The van der Waals surface area contributed by atoms with Crippen molar-refractivity contribution in [2.75, 3.05) is 14.2 Å². The van der Waals surface area contributed by atoms with Crippen molar-refractivity contribution in [3.05, 3.63) is 30.1 Å². The quantitative estimate of drug-likeness (QED) is 0.766. The summed E-state index contributed by atoms with van der Waals surface area (Å²) in [4.78, 5) is 4.03. The van der Waals surface area contributed by atoms with Crippen molar-refractivity contribution in [3.63, 3.8) is 0 Å². The summed E-state index contributed by atoms with van der Waals surface area (Å²) in [6, 6.07) is 4.48. The zero-order valence-corrected chi connectivity index (χ0v) is 10.4. The number of rotatable bonds is 7. The molecule has 16 heavy (non-hydrogen) atoms. The van der Waals surface area contributed by atoms with Gasteiger partial charge in [-0.15, -0.1) is 0 Å². The fourth-order valence-electron chi connectivity index (χ4n) is 1.96. The monoisotopic (exact) mass is 222 g/mol. The Morgan fingerprint density at radius 1 is 1.38 bits per heavy atom. The van der Waals surface area contributed by atoms with Crippen LogP contribution in [0.5, 0.6) is 0 Å². The van der Waals surface area contributed by atoms with E-state index >= 15 is 0 Å². The Labute approximate surface area is 98.2 Å². The van der Waals surface area contributed by atoms with E-state index in [1.807, 2.05) is 19.4 Å². The minimum atomic E-state index is 0.281. The molecule has 0 spiro atoms. The average Bonchev–Trinajstić information content (AvgIpc) is 2.35. The lowest BCUT2D eigenvalue weighted by molar-refractivity contribution is 0.0633. The first-order valence-electron chi connectivity index (χ1n) is 5.90. The third-order valence-corrected chi connectivity index (χ3v) is 2.90. The second-order valence-corrected chi connectivity index (χ2v) is 4.02. The van der Waals surface area contributed by atoms with Crippen LogP contribution in [-0.2, 0) is 11.2 Å². The van der Waals surface area contributed by atoms with Crippen LogP contribution in [0.2, 0.25) is 0 Å². The molecule has 3 nitrogen and oxygen atoms in total. The number of nitrogens with zero attached hydrogens (tertiary/aromatic N) is 1. The first-order valence-corrected chi connectivity index (χ1v) is 5.90. The summed E-state index contributed by atoms with van der Waals surface area (Å²) < 4.78 is 5.54. The van der Waals surface area contributed by atoms with Crippen molar-refractivity contribution >= 4 is 0 Å². The molecule has 0 amide bonds. The van der Waals surface area contributed by atoms with Gasteiger partial charge >= 0.3 is 0 Å². The van der Waals surface area contributed by atoms with Crippen LogP contribution in [0.25, 0.3) is 0 Å². The van der Waals surface area contributed by atoms with E-state index in [2.05, 4.69) is 29.4 Å². The molecule has 0 bridgehead atoms. The Kier molecular flexibility index (Phi) is 6.04. The minimum absolute atomic E-state index is 0.281. The van der Waals surface area contributed by atoms with Gasteiger partial charge in [0.15, 0.2) is 0 Å². The smallest absolute Gasteiger partial charge is 0.0727 e. The highest BCUT2D eigenvalue weighted by atomic mass is 16.5. The van der Waals surface area contributed by atoms with E-state index in [1.54, 1.807) is 7.11 Å². The minimum Gasteiger partial charge on any atom is -0.380 e. The van der Waals surface area contributed by atoms with E-state index in [0.29, 0.717) is 6.04 Å². The number of pyridine rings is 1. The van der Waals surface area contributed by atoms with Crippen LogP contribution < -0.4 is 5.32 Å². The van der Waals surface area contributed by atoms with Crippen molar-refractivity contribution in [2.45, 2.75) is 38.3 Å². The van der Waals surface area contributed by atoms with Crippen molar-refractivity contribution in [2.24, 2.45) is 0 Å². The molecule has 0 saturated carbocycles. The topological polar surface area (TPSA) is 34.1 Å². The van der Waals surface area contributed by atoms with E-state index in [4.69, 9.17) is 4.74 Å². The van der Waals surface area contributed by atoms with Gasteiger partial charge in [-0.1, -0.05) is 13.3 Å². The lowest BCUT2D eigenvalue weighted by Crippen LogP contribution is -2.40. The molecule has 2 unspecified atom stereocenters. The number of ether oxygens (including phenoxy) is 1. The van der Waals surface area contributed by atoms with Gasteiger partial charge in [0.1, 0.15) is 0 Å². The summed E-state index contributed by atoms with van der Waals surface area (Å²) in [6.07, 6.45) is 7.17. The van der Waals surface area contributed by atoms with Gasteiger partial charge in [0, 0.05) is 25.5 Å². The molecule has 0 radical (unpaired) electrons. The normalized spacial score (nSPS) is 14.7. The Bertz CT molecular complexity index is 277. The Morgan fingerprint density at radius 3 is 2.56 bits per heavy atom. The SMILES string of the molecule is CCCC(OC)C(Cc1ccncc1)NC. The number of aromatic nitrogens is 1. The molecule has 1 aromatic heterocycles. The maximum Gasteiger partial charge on any atom is 0.0727 e. The zero-order chi connectivity index (χ0) is 11.8. The van der Waals surface area contributed by atoms with Crippen LogP contribution >= 0.6 is 0 Å². The maximum absolute atomic E-state index is 5.54. The Hall–Kier alpha value is -0.930. The molecule has 2 atom stereocenters. The molecule has 1 rings (SSSR count). The number of hydrogen-bond acceptors (Lipinski definition) is 3. The highest BCUT2D eigenvalue weighted by Gasteiger charge is 2.18. The molecular formula is C13H22N2O. The van der Waals surface area contributed by atoms with Crippen LogP contribution in [0.3, 0.4) is 0 Å². The average molecular weight is 222 g/mol. The molecule has 0 aliphatic carbocycles. The summed E-state index contributed by atoms with van der Waals surface area (Å²) in [6.45, 7) is 2.19. The van der Waals surface area contributed by atoms with E-state index in [0.717, 1.165) is 19.3 Å². The van der Waals surface area contributed by atoms with E-state index in [1.165, 1.54) is 5.56 Å². The van der Waals surface area contributed by atoms with Crippen molar-refractivity contribution in [1.82, 2.24) is 10.3 Å². The maximum atomic E-state index is 5.54. The van der Waals surface area contributed by atoms with Gasteiger partial charge in [0.25, 0.3) is 0 Å². The van der Waals surface area contributed by atoms with E-state index in [9.17, 15) is 0 Å². The van der Waals surface area contributed by atoms with Gasteiger partial charge in [-0.25, -0.2) is 0 Å². The van der Waals surface area contributed by atoms with Crippen LogP contribution in [0, 0.1) is 0 Å². The van der Waals surface area contributed by atoms with Gasteiger partial charge in [0.05, 0.1) is 6.10 Å². The van der Waals surface area contributed by atoms with E-state index in [-0.39, 0.29) is 6.10 Å². The molecule has 0 fully saturated rings. The zero-order valence-electron chi connectivity index (χ0n) is 10.4. The summed E-state index contributed by atoms with van der Waals surface area (Å²) in [5.74, 6) is 0. The molecule has 0 aliphatic heterocycles. The number of hydrogen-bond donors (Lipinski definition) is 1. The molecule has 0 aliphatic rings. The fraction of sp³-hybridized carbons (Fsp3) is 0.615. The number of methoxy groups -OCH3 is 1. The Balaban J connectivity index is 2.60. The third-order valence-electron chi connectivity index (χ3n) is 2.90. The summed E-state index contributed by atoms with van der Waals surface area (Å²) >= 11 is 0. The number of nitrogens with one attached hydrogen (secondary N) is 1. The summed E-state index contributed by atoms with van der Waals surface area (Å²) in [5.41, 5.74) is 1.30. The molecule has 3 heteroatoms. The van der Waals surface area contributed by atoms with Crippen LogP contribution in [-0.4, -0.2) is 31.3 Å². The summed E-state index contributed by atoms with van der Waals surface area (Å²) in [7, 11) is 3.78. The molecule has 1 N–H and O–H groups in total. The predicted molar refractivity (Wildman–Crippen MR) is 66.5 cm³/mol. The second kappa shape index (κ2) is 7.36. The largest absolute Gasteiger partial charge is 0.380 e. The second-order valence-electron chi connectivity index (χ2n) is 4.02. The first-order chi connectivity index (χ1) is 7.81. The lowest BCUT2D eigenvalue weighted by Gasteiger charge is -2.25. The highest BCUT2D eigenvalue weighted by molar-refractivity contribution is 5.11. The molecule has 0 aromatic carbocycles. The van der Waals surface area contributed by atoms with Gasteiger partial charge < -0.3 is 10.1 Å². The van der Waals surface area contributed by atoms with Crippen molar-refractivity contribution < 1.29 is 4.74 Å². The van der Waals surface area contributed by atoms with Crippen molar-refractivity contribution in [3.8, 4) is 0 Å². The Morgan fingerprint density at radius 2 is 2.06 bits per heavy atom. The lowest BCUT2D eigenvalue weighted by atomic mass is 9.99. The van der Waals surface area contributed by atoms with Gasteiger partial charge in [-0.05, 0) is 37.6 Å². The molecule has 0 saturated heterocycles. The molecule has 1 aromatic rings. The third kappa shape index (κ3) is 3.91. The van der Waals surface area contributed by atoms with Gasteiger partial charge in [0.2, 0.25) is 0 Å². The van der Waals surface area contributed by atoms with Crippen molar-refractivity contribution in [1.29, 1.82) is 0 Å². The standard InChI is InChI=1S/C13H22N2O/c1-4-5-13(16-3)12(14-2)10-11-6-8-15-9-7-11/h6-9,12-14H,4-5,10H2,1-3H3. The van der Waals surface area contributed by atoms with E-state index < -0.39 is 0 Å². The number of likely N-dealkylation sites (N-methyl/N-ethyl adjacent to an activating group) is 1. The van der Waals surface area contributed by atoms with Gasteiger partial charge in [-0.2, -0.15) is 0 Å². The van der Waals surface area contributed by atoms with Gasteiger partial charge in [-0.3, -0.25) is 4.98 Å². The molecule has 90 valence electrons. The predicted octanol–water partition coefficient (Wildman–Crippen LogP) is 2.03. The highest BCUT2D eigenvalue weighted by Crippen LogP contribution is 2.11. The van der Waals surface area contributed by atoms with Crippen LogP contribution in [0.4, 0.5) is 0 Å². The van der Waals surface area contributed by atoms with Crippen LogP contribution in [0.1, 0.15) is 25.3 Å². The first kappa shape index (κ1) is 13.1. The molecular weight excluding hydrogens is 200 g/mol. The summed E-state index contributed by atoms with van der Waals surface area (Å²) in [5, 5.41) is 3.34. The molecule has 1 heterocycles. The fourth-order valence-corrected chi connectivity index (χ4v) is 1.96.